The summed E-state index contributed by atoms with van der Waals surface area (Å²) in [4.78, 5) is 11.4. The monoisotopic (exact) mass is 252 g/mol. The minimum atomic E-state index is -0.224. The van der Waals surface area contributed by atoms with E-state index in [-0.39, 0.29) is 17.8 Å². The Kier molecular flexibility index (Phi) is 6.36. The Morgan fingerprint density at radius 1 is 1.33 bits per heavy atom. The number of nitrogens with one attached hydrogen (secondary N) is 2. The van der Waals surface area contributed by atoms with E-state index in [9.17, 15) is 9.18 Å². The molecule has 18 heavy (non-hydrogen) atoms. The third kappa shape index (κ3) is 5.77. The van der Waals surface area contributed by atoms with Crippen LogP contribution < -0.4 is 10.6 Å². The predicted molar refractivity (Wildman–Crippen MR) is 70.9 cm³/mol. The van der Waals surface area contributed by atoms with Crippen molar-refractivity contribution in [2.24, 2.45) is 0 Å². The molecule has 1 unspecified atom stereocenters. The van der Waals surface area contributed by atoms with Gasteiger partial charge in [0, 0.05) is 12.6 Å². The molecule has 0 bridgehead atoms. The molecule has 0 heterocycles. The van der Waals surface area contributed by atoms with Crippen LogP contribution >= 0.6 is 0 Å². The van der Waals surface area contributed by atoms with Gasteiger partial charge in [0.15, 0.2) is 0 Å². The Labute approximate surface area is 108 Å². The van der Waals surface area contributed by atoms with Gasteiger partial charge in [-0.3, -0.25) is 4.79 Å². The van der Waals surface area contributed by atoms with E-state index in [0.717, 1.165) is 18.4 Å². The summed E-state index contributed by atoms with van der Waals surface area (Å²) < 4.78 is 12.7. The van der Waals surface area contributed by atoms with E-state index in [0.29, 0.717) is 13.1 Å². The smallest absolute Gasteiger partial charge is 0.233 e. The van der Waals surface area contributed by atoms with Gasteiger partial charge in [-0.15, -0.1) is 0 Å². The van der Waals surface area contributed by atoms with Crippen molar-refractivity contribution in [2.75, 3.05) is 13.1 Å². The van der Waals surface area contributed by atoms with Gasteiger partial charge < -0.3 is 10.6 Å². The Morgan fingerprint density at radius 3 is 2.61 bits per heavy atom. The van der Waals surface area contributed by atoms with Gasteiger partial charge in [0.05, 0.1) is 6.54 Å². The maximum absolute atomic E-state index is 12.7. The SMILES string of the molecule is CCCNC(=O)CNC(C)Cc1ccc(F)cc1. The number of benzene rings is 1. The lowest BCUT2D eigenvalue weighted by Crippen LogP contribution is -2.39. The second kappa shape index (κ2) is 7.82. The Morgan fingerprint density at radius 2 is 2.00 bits per heavy atom. The van der Waals surface area contributed by atoms with Crippen LogP contribution in [0.1, 0.15) is 25.8 Å². The number of rotatable bonds is 7. The van der Waals surface area contributed by atoms with E-state index in [2.05, 4.69) is 10.6 Å². The van der Waals surface area contributed by atoms with Gasteiger partial charge in [0.1, 0.15) is 5.82 Å². The molecule has 1 rings (SSSR count). The lowest BCUT2D eigenvalue weighted by molar-refractivity contribution is -0.120. The largest absolute Gasteiger partial charge is 0.355 e. The summed E-state index contributed by atoms with van der Waals surface area (Å²) in [7, 11) is 0. The normalized spacial score (nSPS) is 12.2. The molecular formula is C14H21FN2O. The van der Waals surface area contributed by atoms with Crippen molar-refractivity contribution < 1.29 is 9.18 Å². The first kappa shape index (κ1) is 14.6. The Balaban J connectivity index is 2.27. The topological polar surface area (TPSA) is 41.1 Å². The van der Waals surface area contributed by atoms with Gasteiger partial charge in [0.25, 0.3) is 0 Å². The minimum absolute atomic E-state index is 0.0165. The molecule has 0 aliphatic rings. The molecule has 0 aromatic heterocycles. The molecule has 1 aromatic carbocycles. The highest BCUT2D eigenvalue weighted by Gasteiger charge is 2.06. The molecule has 0 fully saturated rings. The van der Waals surface area contributed by atoms with Gasteiger partial charge in [-0.25, -0.2) is 4.39 Å². The lowest BCUT2D eigenvalue weighted by Gasteiger charge is -2.13. The standard InChI is InChI=1S/C14H21FN2O/c1-3-8-16-14(18)10-17-11(2)9-12-4-6-13(15)7-5-12/h4-7,11,17H,3,8-10H2,1-2H3,(H,16,18). The van der Waals surface area contributed by atoms with Gasteiger partial charge in [-0.05, 0) is 37.5 Å². The Hall–Kier alpha value is -1.42. The van der Waals surface area contributed by atoms with Crippen molar-refractivity contribution in [1.29, 1.82) is 0 Å². The van der Waals surface area contributed by atoms with Gasteiger partial charge >= 0.3 is 0 Å². The fourth-order valence-electron chi connectivity index (χ4n) is 1.64. The zero-order valence-corrected chi connectivity index (χ0v) is 11.0. The van der Waals surface area contributed by atoms with Crippen LogP contribution in [0, 0.1) is 5.82 Å². The number of hydrogen-bond acceptors (Lipinski definition) is 2. The number of carbonyl (C=O) groups excluding carboxylic acids is 1. The summed E-state index contributed by atoms with van der Waals surface area (Å²) in [5, 5.41) is 5.96. The molecule has 100 valence electrons. The van der Waals surface area contributed by atoms with Crippen LogP contribution in [-0.2, 0) is 11.2 Å². The molecule has 3 nitrogen and oxygen atoms in total. The molecule has 0 saturated carbocycles. The zero-order valence-electron chi connectivity index (χ0n) is 11.0. The van der Waals surface area contributed by atoms with Gasteiger partial charge in [-0.2, -0.15) is 0 Å². The third-order valence-corrected chi connectivity index (χ3v) is 2.64. The van der Waals surface area contributed by atoms with Crippen LogP contribution in [0.2, 0.25) is 0 Å². The molecule has 1 amide bonds. The number of amides is 1. The number of halogens is 1. The van der Waals surface area contributed by atoms with Gasteiger partial charge in [-0.1, -0.05) is 19.1 Å². The van der Waals surface area contributed by atoms with Crippen LogP contribution in [-0.4, -0.2) is 25.0 Å². The third-order valence-electron chi connectivity index (χ3n) is 2.64. The molecular weight excluding hydrogens is 231 g/mol. The highest BCUT2D eigenvalue weighted by Crippen LogP contribution is 2.05. The van der Waals surface area contributed by atoms with Crippen LogP contribution in [0.25, 0.3) is 0 Å². The molecule has 0 aliphatic carbocycles. The van der Waals surface area contributed by atoms with Crippen LogP contribution in [0.5, 0.6) is 0 Å². The van der Waals surface area contributed by atoms with Crippen LogP contribution in [0.4, 0.5) is 4.39 Å². The molecule has 4 heteroatoms. The highest BCUT2D eigenvalue weighted by molar-refractivity contribution is 5.77. The summed E-state index contributed by atoms with van der Waals surface area (Å²) in [6.45, 7) is 5.07. The minimum Gasteiger partial charge on any atom is -0.355 e. The fourth-order valence-corrected chi connectivity index (χ4v) is 1.64. The van der Waals surface area contributed by atoms with E-state index in [4.69, 9.17) is 0 Å². The van der Waals surface area contributed by atoms with Crippen molar-refractivity contribution >= 4 is 5.91 Å². The molecule has 1 atom stereocenters. The maximum atomic E-state index is 12.7. The summed E-state index contributed by atoms with van der Waals surface area (Å²) in [6.07, 6.45) is 1.72. The van der Waals surface area contributed by atoms with E-state index < -0.39 is 0 Å². The maximum Gasteiger partial charge on any atom is 0.233 e. The summed E-state index contributed by atoms with van der Waals surface area (Å²) in [5.74, 6) is -0.207. The number of carbonyl (C=O) groups is 1. The Bertz CT molecular complexity index is 365. The van der Waals surface area contributed by atoms with Crippen molar-refractivity contribution in [3.63, 3.8) is 0 Å². The van der Waals surface area contributed by atoms with Crippen molar-refractivity contribution in [3.8, 4) is 0 Å². The summed E-state index contributed by atoms with van der Waals surface area (Å²) in [5.41, 5.74) is 1.06. The van der Waals surface area contributed by atoms with Crippen molar-refractivity contribution in [3.05, 3.63) is 35.6 Å². The van der Waals surface area contributed by atoms with Gasteiger partial charge in [0.2, 0.25) is 5.91 Å². The second-order valence-corrected chi connectivity index (χ2v) is 4.46. The highest BCUT2D eigenvalue weighted by atomic mass is 19.1. The summed E-state index contributed by atoms with van der Waals surface area (Å²) in [6, 6.07) is 6.63. The van der Waals surface area contributed by atoms with Crippen LogP contribution in [0.3, 0.4) is 0 Å². The molecule has 2 N–H and O–H groups in total. The van der Waals surface area contributed by atoms with E-state index in [1.807, 2.05) is 13.8 Å². The van der Waals surface area contributed by atoms with E-state index in [1.54, 1.807) is 12.1 Å². The first-order chi connectivity index (χ1) is 8.61. The quantitative estimate of drug-likeness (QED) is 0.778. The molecule has 1 aromatic rings. The lowest BCUT2D eigenvalue weighted by atomic mass is 10.1. The average Bonchev–Trinajstić information content (AvgIpc) is 2.36. The molecule has 0 radical (unpaired) electrons. The van der Waals surface area contributed by atoms with E-state index in [1.165, 1.54) is 12.1 Å². The number of hydrogen-bond donors (Lipinski definition) is 2. The van der Waals surface area contributed by atoms with Crippen molar-refractivity contribution in [1.82, 2.24) is 10.6 Å². The summed E-state index contributed by atoms with van der Waals surface area (Å²) >= 11 is 0. The molecule has 0 spiro atoms. The first-order valence-corrected chi connectivity index (χ1v) is 6.36. The molecule has 0 aliphatic heterocycles. The average molecular weight is 252 g/mol. The zero-order chi connectivity index (χ0) is 13.4. The van der Waals surface area contributed by atoms with Crippen molar-refractivity contribution in [2.45, 2.75) is 32.7 Å². The molecule has 0 saturated heterocycles. The second-order valence-electron chi connectivity index (χ2n) is 4.46. The van der Waals surface area contributed by atoms with Crippen LogP contribution in [0.15, 0.2) is 24.3 Å². The first-order valence-electron chi connectivity index (χ1n) is 6.36. The van der Waals surface area contributed by atoms with E-state index >= 15 is 0 Å². The fraction of sp³-hybridized carbons (Fsp3) is 0.500. The predicted octanol–water partition coefficient (Wildman–Crippen LogP) is 1.87.